The summed E-state index contributed by atoms with van der Waals surface area (Å²) in [5.74, 6) is -1.88. The highest BCUT2D eigenvalue weighted by atomic mass is 32.2. The smallest absolute Gasteiger partial charge is 0.355 e. The number of hydrogen-bond donors (Lipinski definition) is 1. The maximum Gasteiger partial charge on any atom is 0.355 e. The van der Waals surface area contributed by atoms with E-state index in [1.54, 1.807) is 6.92 Å². The van der Waals surface area contributed by atoms with Crippen LogP contribution in [0.1, 0.15) is 24.3 Å². The van der Waals surface area contributed by atoms with E-state index in [2.05, 4.69) is 0 Å². The van der Waals surface area contributed by atoms with E-state index in [0.717, 1.165) is 14.7 Å². The molecule has 1 fully saturated rings. The minimum absolute atomic E-state index is 0.0700. The molecule has 0 saturated carbocycles. The number of imidazole rings is 1. The molecule has 0 radical (unpaired) electrons. The predicted octanol–water partition coefficient (Wildman–Crippen LogP) is 3.20. The van der Waals surface area contributed by atoms with Gasteiger partial charge in [-0.1, -0.05) is 30.0 Å². The highest BCUT2D eigenvalue weighted by molar-refractivity contribution is 7.98. The summed E-state index contributed by atoms with van der Waals surface area (Å²) in [5, 5.41) is 22.1. The van der Waals surface area contributed by atoms with Gasteiger partial charge in [0.1, 0.15) is 31.7 Å². The summed E-state index contributed by atoms with van der Waals surface area (Å²) in [4.78, 5) is 40.0. The monoisotopic (exact) mass is 561 g/mol. The molecule has 13 heteroatoms. The van der Waals surface area contributed by atoms with Gasteiger partial charge in [-0.2, -0.15) is 4.40 Å². The lowest BCUT2D eigenvalue weighted by molar-refractivity contribution is -0.729. The van der Waals surface area contributed by atoms with Crippen LogP contribution in [0.2, 0.25) is 0 Å². The number of halogens is 1. The third-order valence-electron chi connectivity index (χ3n) is 7.07. The maximum absolute atomic E-state index is 13.5. The lowest BCUT2D eigenvalue weighted by Gasteiger charge is -2.46. The summed E-state index contributed by atoms with van der Waals surface area (Å²) in [5.41, 5.74) is 1.31. The van der Waals surface area contributed by atoms with Gasteiger partial charge in [-0.25, -0.2) is 13.8 Å². The number of fused-ring (bicyclic) bond motifs is 2. The first-order chi connectivity index (χ1) is 18.2. The van der Waals surface area contributed by atoms with Gasteiger partial charge in [0, 0.05) is 23.6 Å². The number of ether oxygens (including phenoxy) is 1. The molecule has 2 aliphatic heterocycles. The molecule has 1 amide bonds. The second-order valence-corrected chi connectivity index (χ2v) is 11.2. The molecule has 5 rings (SSSR count). The summed E-state index contributed by atoms with van der Waals surface area (Å²) < 4.78 is 22.4. The summed E-state index contributed by atoms with van der Waals surface area (Å²) in [6.45, 7) is 3.12. The predicted molar refractivity (Wildman–Crippen MR) is 138 cm³/mol. The summed E-state index contributed by atoms with van der Waals surface area (Å²) >= 11 is 2.95. The Balaban J connectivity index is 1.51. The molecule has 10 nitrogen and oxygen atoms in total. The maximum atomic E-state index is 13.5. The number of thiazole rings is 1. The van der Waals surface area contributed by atoms with E-state index in [1.807, 2.05) is 34.7 Å². The highest BCUT2D eigenvalue weighted by Gasteiger charge is 2.60. The standard InChI is InChI=1S/C25H26FN4O6S2/c1-13-18(17-10-28-12-27(9-8-26)23(37-3)24(28)38-17)21(29-20(13)19(14(2)31)22(29)32)25(33)36-11-15-4-6-16(7-5-15)30(34)35/h4-7,10,12-14,19-20,31H,8-9,11H2,1-3H3/q+1/t13-,14+,19+,20+/m0/s1. The van der Waals surface area contributed by atoms with Gasteiger partial charge in [0.2, 0.25) is 15.8 Å². The second-order valence-electron chi connectivity index (χ2n) is 9.33. The number of aliphatic hydroxyl groups is 1. The summed E-state index contributed by atoms with van der Waals surface area (Å²) in [6, 6.07) is 5.31. The zero-order valence-corrected chi connectivity index (χ0v) is 22.5. The lowest BCUT2D eigenvalue weighted by Crippen LogP contribution is -2.63. The number of rotatable bonds is 9. The number of aliphatic hydroxyl groups excluding tert-OH is 1. The van der Waals surface area contributed by atoms with Gasteiger partial charge in [0.15, 0.2) is 0 Å². The first-order valence-electron chi connectivity index (χ1n) is 12.0. The van der Waals surface area contributed by atoms with Crippen molar-refractivity contribution in [2.24, 2.45) is 11.8 Å². The Morgan fingerprint density at radius 1 is 1.37 bits per heavy atom. The SMILES string of the molecule is CSc1c2sc(C3=C(C(=O)OCc4ccc([N+](=O)[O-])cc4)N4C(=O)[C@H]([C@@H](C)O)[C@H]4[C@H]3C)cn2c[n+]1CCF. The van der Waals surface area contributed by atoms with Crippen molar-refractivity contribution < 1.29 is 33.3 Å². The molecule has 200 valence electrons. The largest absolute Gasteiger partial charge is 0.456 e. The molecule has 0 unspecified atom stereocenters. The van der Waals surface area contributed by atoms with Crippen LogP contribution in [0.25, 0.3) is 10.4 Å². The van der Waals surface area contributed by atoms with E-state index < -0.39 is 29.6 Å². The Kier molecular flexibility index (Phi) is 7.01. The van der Waals surface area contributed by atoms with Crippen molar-refractivity contribution in [2.45, 2.75) is 44.2 Å². The van der Waals surface area contributed by atoms with Crippen LogP contribution in [0, 0.1) is 22.0 Å². The van der Waals surface area contributed by atoms with Gasteiger partial charge in [-0.05, 0) is 30.9 Å². The number of alkyl halides is 1. The Hall–Kier alpha value is -3.29. The number of β-lactam (4-membered cyclic amide) rings is 1. The van der Waals surface area contributed by atoms with Crippen LogP contribution in [0.15, 0.2) is 47.5 Å². The number of aryl methyl sites for hydroxylation is 1. The van der Waals surface area contributed by atoms with Gasteiger partial charge < -0.3 is 14.7 Å². The number of aromatic nitrogens is 2. The average molecular weight is 562 g/mol. The van der Waals surface area contributed by atoms with Crippen molar-refractivity contribution >= 4 is 51.1 Å². The number of thioether (sulfide) groups is 1. The van der Waals surface area contributed by atoms with Crippen molar-refractivity contribution in [2.75, 3.05) is 12.9 Å². The fourth-order valence-electron chi connectivity index (χ4n) is 5.33. The fraction of sp³-hybridized carbons (Fsp3) is 0.400. The van der Waals surface area contributed by atoms with Crippen LogP contribution in [0.4, 0.5) is 10.1 Å². The van der Waals surface area contributed by atoms with Crippen molar-refractivity contribution in [3.8, 4) is 0 Å². The van der Waals surface area contributed by atoms with Crippen LogP contribution < -0.4 is 4.57 Å². The van der Waals surface area contributed by atoms with E-state index >= 15 is 0 Å². The van der Waals surface area contributed by atoms with E-state index in [9.17, 15) is 29.2 Å². The second kappa shape index (κ2) is 10.1. The molecule has 38 heavy (non-hydrogen) atoms. The topological polar surface area (TPSA) is 118 Å². The fourth-order valence-corrected chi connectivity index (χ4v) is 7.53. The molecular weight excluding hydrogens is 535 g/mol. The molecule has 2 aliphatic rings. The first kappa shape index (κ1) is 26.3. The molecule has 1 saturated heterocycles. The van der Waals surface area contributed by atoms with Gasteiger partial charge in [-0.3, -0.25) is 14.9 Å². The van der Waals surface area contributed by atoms with Crippen molar-refractivity contribution in [3.05, 3.63) is 63.0 Å². The molecule has 0 spiro atoms. The molecule has 2 aromatic heterocycles. The zero-order chi connectivity index (χ0) is 27.3. The number of carbonyl (C=O) groups is 2. The highest BCUT2D eigenvalue weighted by Crippen LogP contribution is 2.52. The normalized spacial score (nSPS) is 21.6. The van der Waals surface area contributed by atoms with Gasteiger partial charge in [0.25, 0.3) is 12.0 Å². The lowest BCUT2D eigenvalue weighted by atomic mass is 9.77. The number of esters is 1. The third-order valence-corrected chi connectivity index (χ3v) is 9.16. The first-order valence-corrected chi connectivity index (χ1v) is 14.0. The minimum atomic E-state index is -0.871. The number of amides is 1. The number of non-ortho nitro benzene ring substituents is 1. The Labute approximate surface area is 225 Å². The van der Waals surface area contributed by atoms with E-state index in [4.69, 9.17) is 4.74 Å². The summed E-state index contributed by atoms with van der Waals surface area (Å²) in [7, 11) is 0. The number of benzene rings is 1. The molecule has 3 aromatic rings. The Morgan fingerprint density at radius 3 is 2.68 bits per heavy atom. The van der Waals surface area contributed by atoms with Crippen LogP contribution in [0.3, 0.4) is 0 Å². The van der Waals surface area contributed by atoms with E-state index in [1.165, 1.54) is 52.3 Å². The third kappa shape index (κ3) is 4.18. The zero-order valence-electron chi connectivity index (χ0n) is 20.9. The average Bonchev–Trinajstić information content (AvgIpc) is 3.49. The van der Waals surface area contributed by atoms with Gasteiger partial charge in [-0.15, -0.1) is 0 Å². The molecule has 0 bridgehead atoms. The molecular formula is C25H26FN4O6S2+. The Bertz CT molecular complexity index is 1460. The van der Waals surface area contributed by atoms with Crippen LogP contribution in [-0.2, 0) is 27.5 Å². The summed E-state index contributed by atoms with van der Waals surface area (Å²) in [6.07, 6.45) is 4.73. The van der Waals surface area contributed by atoms with Gasteiger partial charge in [0.05, 0.1) is 27.9 Å². The van der Waals surface area contributed by atoms with E-state index in [0.29, 0.717) is 11.1 Å². The van der Waals surface area contributed by atoms with Crippen LogP contribution >= 0.6 is 23.1 Å². The number of carbonyl (C=O) groups excluding carboxylic acids is 2. The number of nitro groups is 1. The van der Waals surface area contributed by atoms with Crippen molar-refractivity contribution in [1.29, 1.82) is 0 Å². The quantitative estimate of drug-likeness (QED) is 0.106. The molecule has 1 N–H and O–H groups in total. The van der Waals surface area contributed by atoms with Crippen molar-refractivity contribution in [1.82, 2.24) is 9.30 Å². The Morgan fingerprint density at radius 2 is 2.08 bits per heavy atom. The van der Waals surface area contributed by atoms with Crippen molar-refractivity contribution in [3.63, 3.8) is 0 Å². The van der Waals surface area contributed by atoms with Crippen LogP contribution in [0.5, 0.6) is 0 Å². The molecule has 4 atom stereocenters. The number of nitrogens with zero attached hydrogens (tertiary/aromatic N) is 4. The molecule has 4 heterocycles. The number of nitro benzene ring substituents is 1. The van der Waals surface area contributed by atoms with E-state index in [-0.39, 0.29) is 42.4 Å². The van der Waals surface area contributed by atoms with Crippen LogP contribution in [-0.4, -0.2) is 56.3 Å². The number of hydrogen-bond acceptors (Lipinski definition) is 8. The molecule has 0 aliphatic carbocycles. The minimum Gasteiger partial charge on any atom is -0.456 e. The molecule has 1 aromatic carbocycles. The van der Waals surface area contributed by atoms with Gasteiger partial charge >= 0.3 is 5.97 Å².